The van der Waals surface area contributed by atoms with Crippen molar-refractivity contribution < 1.29 is 18.7 Å². The molecule has 0 spiro atoms. The molecular formula is C25H24FN3O3S2. The number of amides is 1. The number of nitrogens with zero attached hydrogens (tertiary/aromatic N) is 3. The van der Waals surface area contributed by atoms with E-state index in [1.807, 2.05) is 54.4 Å². The van der Waals surface area contributed by atoms with Gasteiger partial charge >= 0.3 is 0 Å². The maximum absolute atomic E-state index is 13.8. The van der Waals surface area contributed by atoms with E-state index in [2.05, 4.69) is 0 Å². The van der Waals surface area contributed by atoms with Gasteiger partial charge in [-0.25, -0.2) is 4.68 Å². The number of carbonyl (C=O) groups excluding carboxylic acids is 1. The fourth-order valence-electron chi connectivity index (χ4n) is 3.90. The summed E-state index contributed by atoms with van der Waals surface area (Å²) in [6, 6.07) is 8.89. The summed E-state index contributed by atoms with van der Waals surface area (Å²) < 4.78 is 27.4. The lowest BCUT2D eigenvalue weighted by molar-refractivity contribution is 0.0646. The molecule has 176 valence electrons. The molecule has 6 nitrogen and oxygen atoms in total. The van der Waals surface area contributed by atoms with Gasteiger partial charge in [0.15, 0.2) is 10.8 Å². The monoisotopic (exact) mass is 497 g/mol. The Balaban J connectivity index is 1.75. The van der Waals surface area contributed by atoms with Gasteiger partial charge in [0, 0.05) is 45.6 Å². The van der Waals surface area contributed by atoms with Crippen molar-refractivity contribution in [3.63, 3.8) is 0 Å². The van der Waals surface area contributed by atoms with Crippen LogP contribution in [0.5, 0.6) is 11.5 Å². The molecule has 1 amide bonds. The molecule has 3 aromatic heterocycles. The van der Waals surface area contributed by atoms with Crippen LogP contribution in [0.2, 0.25) is 0 Å². The molecule has 0 N–H and O–H groups in total. The summed E-state index contributed by atoms with van der Waals surface area (Å²) in [6.45, 7) is 6.16. The van der Waals surface area contributed by atoms with E-state index in [4.69, 9.17) is 14.6 Å². The van der Waals surface area contributed by atoms with Gasteiger partial charge in [-0.1, -0.05) is 0 Å². The number of hydrogen-bond donors (Lipinski definition) is 0. The first kappa shape index (κ1) is 22.6. The molecular weight excluding hydrogens is 473 g/mol. The van der Waals surface area contributed by atoms with Crippen molar-refractivity contribution in [3.05, 3.63) is 57.5 Å². The topological polar surface area (TPSA) is 56.6 Å². The Labute approximate surface area is 205 Å². The fourth-order valence-corrected chi connectivity index (χ4v) is 5.27. The molecule has 1 aliphatic rings. The second kappa shape index (κ2) is 8.25. The molecule has 0 radical (unpaired) electrons. The van der Waals surface area contributed by atoms with E-state index in [0.717, 1.165) is 44.3 Å². The zero-order chi connectivity index (χ0) is 24.2. The summed E-state index contributed by atoms with van der Waals surface area (Å²) in [5, 5.41) is 8.47. The zero-order valence-electron chi connectivity index (χ0n) is 19.5. The summed E-state index contributed by atoms with van der Waals surface area (Å²) >= 11 is 2.61. The third-order valence-electron chi connectivity index (χ3n) is 6.02. The molecule has 0 bridgehead atoms. The number of thiophene rings is 2. The first-order chi connectivity index (χ1) is 16.2. The Bertz CT molecular complexity index is 1380. The Morgan fingerprint density at radius 2 is 2.03 bits per heavy atom. The minimum atomic E-state index is -0.368. The lowest BCUT2D eigenvalue weighted by atomic mass is 9.98. The van der Waals surface area contributed by atoms with Crippen molar-refractivity contribution in [2.24, 2.45) is 0 Å². The summed E-state index contributed by atoms with van der Waals surface area (Å²) in [5.41, 5.74) is 3.92. The average molecular weight is 498 g/mol. The van der Waals surface area contributed by atoms with Gasteiger partial charge in [-0.05, 0) is 50.4 Å². The van der Waals surface area contributed by atoms with Crippen molar-refractivity contribution in [2.75, 3.05) is 14.2 Å². The third kappa shape index (κ3) is 3.69. The molecule has 1 aliphatic heterocycles. The van der Waals surface area contributed by atoms with Gasteiger partial charge < -0.3 is 14.4 Å². The minimum absolute atomic E-state index is 0.168. The molecule has 0 saturated carbocycles. The molecule has 0 aliphatic carbocycles. The second-order valence-corrected chi connectivity index (χ2v) is 10.9. The van der Waals surface area contributed by atoms with Gasteiger partial charge in [-0.2, -0.15) is 20.8 Å². The summed E-state index contributed by atoms with van der Waals surface area (Å²) in [7, 11) is 3.36. The lowest BCUT2D eigenvalue weighted by Gasteiger charge is -2.31. The number of benzene rings is 1. The van der Waals surface area contributed by atoms with E-state index in [1.54, 1.807) is 36.5 Å². The highest BCUT2D eigenvalue weighted by Gasteiger charge is 2.34. The van der Waals surface area contributed by atoms with Crippen LogP contribution < -0.4 is 9.47 Å². The molecule has 34 heavy (non-hydrogen) atoms. The van der Waals surface area contributed by atoms with Crippen LogP contribution in [0.25, 0.3) is 27.4 Å². The van der Waals surface area contributed by atoms with Crippen molar-refractivity contribution in [3.8, 4) is 38.9 Å². The molecule has 0 unspecified atom stereocenters. The van der Waals surface area contributed by atoms with Gasteiger partial charge in [-0.15, -0.1) is 11.3 Å². The number of carbonyl (C=O) groups is 1. The van der Waals surface area contributed by atoms with E-state index < -0.39 is 0 Å². The molecule has 9 heteroatoms. The Morgan fingerprint density at radius 1 is 1.24 bits per heavy atom. The zero-order valence-corrected chi connectivity index (χ0v) is 21.1. The highest BCUT2D eigenvalue weighted by molar-refractivity contribution is 7.13. The van der Waals surface area contributed by atoms with E-state index >= 15 is 0 Å². The first-order valence-electron chi connectivity index (χ1n) is 10.7. The highest BCUT2D eigenvalue weighted by Crippen LogP contribution is 2.47. The van der Waals surface area contributed by atoms with E-state index in [9.17, 15) is 9.18 Å². The largest absolute Gasteiger partial charge is 0.496 e. The van der Waals surface area contributed by atoms with Gasteiger partial charge in [0.05, 0.1) is 18.5 Å². The summed E-state index contributed by atoms with van der Waals surface area (Å²) in [4.78, 5) is 15.9. The summed E-state index contributed by atoms with van der Waals surface area (Å²) in [6.07, 6.45) is 0. The predicted octanol–water partition coefficient (Wildman–Crippen LogP) is 6.24. The van der Waals surface area contributed by atoms with Crippen LogP contribution in [0.3, 0.4) is 0 Å². The maximum Gasteiger partial charge on any atom is 0.274 e. The second-order valence-electron chi connectivity index (χ2n) is 9.05. The van der Waals surface area contributed by atoms with Crippen LogP contribution in [0, 0.1) is 5.13 Å². The van der Waals surface area contributed by atoms with Crippen molar-refractivity contribution in [1.82, 2.24) is 14.7 Å². The Kier molecular flexibility index (Phi) is 5.49. The van der Waals surface area contributed by atoms with Gasteiger partial charge in [0.25, 0.3) is 5.91 Å². The van der Waals surface area contributed by atoms with E-state index in [1.165, 1.54) is 6.07 Å². The quantitative estimate of drug-likeness (QED) is 0.335. The van der Waals surface area contributed by atoms with E-state index in [-0.39, 0.29) is 23.2 Å². The van der Waals surface area contributed by atoms with Crippen molar-refractivity contribution in [1.29, 1.82) is 0 Å². The van der Waals surface area contributed by atoms with Crippen LogP contribution in [-0.2, 0) is 6.61 Å². The minimum Gasteiger partial charge on any atom is -0.496 e. The first-order valence-corrected chi connectivity index (χ1v) is 12.5. The normalized spacial score (nSPS) is 12.6. The molecule has 0 fully saturated rings. The number of ether oxygens (including phenoxy) is 2. The van der Waals surface area contributed by atoms with E-state index in [0.29, 0.717) is 17.2 Å². The molecule has 4 heterocycles. The van der Waals surface area contributed by atoms with Crippen molar-refractivity contribution in [2.45, 2.75) is 32.9 Å². The third-order valence-corrected chi connectivity index (χ3v) is 7.59. The summed E-state index contributed by atoms with van der Waals surface area (Å²) in [5.74, 6) is 1.05. The highest BCUT2D eigenvalue weighted by atomic mass is 32.1. The van der Waals surface area contributed by atoms with Crippen LogP contribution >= 0.6 is 22.7 Å². The number of fused-ring (bicyclic) bond motifs is 3. The smallest absolute Gasteiger partial charge is 0.274 e. The average Bonchev–Trinajstić information content (AvgIpc) is 3.55. The molecule has 1 aromatic carbocycles. The Hall–Kier alpha value is -3.17. The standard InChI is InChI=1S/C25H24FN3O3S2/c1-25(2,3)28(4)24(30)22-17-12-32-19-11-18(31-5)15(20-6-7-21(26)34-20)10-16(19)23(17)29(27-22)14-8-9-33-13-14/h6-11,13H,12H2,1-5H3. The maximum atomic E-state index is 13.8. The van der Waals surface area contributed by atoms with Crippen LogP contribution in [-0.4, -0.2) is 40.3 Å². The molecule has 4 aromatic rings. The van der Waals surface area contributed by atoms with Gasteiger partial charge in [-0.3, -0.25) is 4.79 Å². The van der Waals surface area contributed by atoms with Crippen LogP contribution in [0.4, 0.5) is 4.39 Å². The molecule has 0 atom stereocenters. The molecule has 5 rings (SSSR count). The number of hydrogen-bond acceptors (Lipinski definition) is 6. The SMILES string of the molecule is COc1cc2c(cc1-c1ccc(F)s1)-c1c(c(C(=O)N(C)C(C)(C)C)nn1-c1ccsc1)CO2. The number of aromatic nitrogens is 2. The van der Waals surface area contributed by atoms with Gasteiger partial charge in [0.2, 0.25) is 0 Å². The van der Waals surface area contributed by atoms with Gasteiger partial charge in [0.1, 0.15) is 18.1 Å². The lowest BCUT2D eigenvalue weighted by Crippen LogP contribution is -2.43. The Morgan fingerprint density at radius 3 is 2.65 bits per heavy atom. The van der Waals surface area contributed by atoms with Crippen LogP contribution in [0.15, 0.2) is 41.1 Å². The number of rotatable bonds is 4. The number of halogens is 1. The van der Waals surface area contributed by atoms with Crippen molar-refractivity contribution >= 4 is 28.6 Å². The predicted molar refractivity (Wildman–Crippen MR) is 133 cm³/mol. The van der Waals surface area contributed by atoms with Crippen LogP contribution in [0.1, 0.15) is 36.8 Å². The fraction of sp³-hybridized carbons (Fsp3) is 0.280. The number of methoxy groups -OCH3 is 1. The molecule has 0 saturated heterocycles.